The van der Waals surface area contributed by atoms with E-state index in [2.05, 4.69) is 17.4 Å². The summed E-state index contributed by atoms with van der Waals surface area (Å²) in [7, 11) is 0. The lowest BCUT2D eigenvalue weighted by atomic mass is 9.95. The molecule has 1 aliphatic heterocycles. The third-order valence-electron chi connectivity index (χ3n) is 6.03. The Morgan fingerprint density at radius 2 is 1.97 bits per heavy atom. The monoisotopic (exact) mass is 446 g/mol. The van der Waals surface area contributed by atoms with E-state index in [1.54, 1.807) is 11.3 Å². The third-order valence-corrected chi connectivity index (χ3v) is 7.22. The molecule has 164 valence electrons. The van der Waals surface area contributed by atoms with Gasteiger partial charge in [-0.3, -0.25) is 9.59 Å². The Bertz CT molecular complexity index is 1330. The average molecular weight is 447 g/mol. The minimum atomic E-state index is -0.0262. The number of likely N-dealkylation sites (tertiary alicyclic amines) is 1. The van der Waals surface area contributed by atoms with Gasteiger partial charge < -0.3 is 14.6 Å². The highest BCUT2D eigenvalue weighted by Crippen LogP contribution is 2.40. The predicted molar refractivity (Wildman–Crippen MR) is 129 cm³/mol. The molecule has 0 radical (unpaired) electrons. The maximum atomic E-state index is 13.3. The number of nitrogens with zero attached hydrogens (tertiary/aromatic N) is 1. The van der Waals surface area contributed by atoms with E-state index in [0.29, 0.717) is 18.7 Å². The molecule has 0 aliphatic carbocycles. The molecule has 2 aromatic carbocycles. The topological polar surface area (TPSA) is 62.6 Å². The van der Waals surface area contributed by atoms with Crippen molar-refractivity contribution in [2.75, 3.05) is 13.1 Å². The van der Waals surface area contributed by atoms with Gasteiger partial charge in [0, 0.05) is 40.7 Å². The number of hydrogen-bond donors (Lipinski definition) is 1. The van der Waals surface area contributed by atoms with E-state index in [0.717, 1.165) is 43.7 Å². The van der Waals surface area contributed by atoms with E-state index >= 15 is 0 Å². The van der Waals surface area contributed by atoms with Crippen molar-refractivity contribution in [3.05, 3.63) is 70.3 Å². The molecule has 1 N–H and O–H groups in total. The number of nitrogens with one attached hydrogen (secondary N) is 1. The molecule has 2 amide bonds. The number of thiophene rings is 1. The first kappa shape index (κ1) is 20.8. The van der Waals surface area contributed by atoms with E-state index < -0.39 is 0 Å². The van der Waals surface area contributed by atoms with Crippen LogP contribution in [0.3, 0.4) is 0 Å². The van der Waals surface area contributed by atoms with Gasteiger partial charge >= 0.3 is 0 Å². The molecule has 1 aliphatic rings. The zero-order valence-electron chi connectivity index (χ0n) is 18.5. The van der Waals surface area contributed by atoms with Crippen molar-refractivity contribution in [3.63, 3.8) is 0 Å². The number of benzene rings is 2. The number of fused-ring (bicyclic) bond motifs is 2. The normalized spacial score (nSPS) is 16.4. The fourth-order valence-electron chi connectivity index (χ4n) is 4.64. The van der Waals surface area contributed by atoms with Crippen LogP contribution < -0.4 is 5.32 Å². The smallest absolute Gasteiger partial charge is 0.261 e. The van der Waals surface area contributed by atoms with Crippen LogP contribution in [0.1, 0.15) is 57.5 Å². The van der Waals surface area contributed by atoms with Crippen LogP contribution in [0, 0.1) is 6.92 Å². The van der Waals surface area contributed by atoms with Gasteiger partial charge in [0.25, 0.3) is 11.8 Å². The van der Waals surface area contributed by atoms with Crippen molar-refractivity contribution in [2.45, 2.75) is 39.2 Å². The van der Waals surface area contributed by atoms with Crippen molar-refractivity contribution in [3.8, 4) is 0 Å². The molecule has 0 spiro atoms. The molecule has 0 saturated carbocycles. The number of rotatable bonds is 4. The van der Waals surface area contributed by atoms with Crippen LogP contribution in [0.25, 0.3) is 21.1 Å². The van der Waals surface area contributed by atoms with Crippen molar-refractivity contribution in [1.82, 2.24) is 10.2 Å². The second kappa shape index (κ2) is 8.10. The summed E-state index contributed by atoms with van der Waals surface area (Å²) in [5.74, 6) is 0.980. The summed E-state index contributed by atoms with van der Waals surface area (Å²) in [5, 5.41) is 5.12. The number of furan rings is 1. The third kappa shape index (κ3) is 3.69. The van der Waals surface area contributed by atoms with E-state index in [1.165, 1.54) is 0 Å². The van der Waals surface area contributed by atoms with Crippen molar-refractivity contribution in [1.29, 1.82) is 0 Å². The number of amides is 2. The van der Waals surface area contributed by atoms with Gasteiger partial charge in [-0.25, -0.2) is 0 Å². The molecule has 6 heteroatoms. The van der Waals surface area contributed by atoms with E-state index in [4.69, 9.17) is 4.42 Å². The summed E-state index contributed by atoms with van der Waals surface area (Å²) >= 11 is 1.54. The number of carbonyl (C=O) groups excluding carboxylic acids is 2. The fourth-order valence-corrected chi connectivity index (χ4v) is 5.83. The van der Waals surface area contributed by atoms with Crippen LogP contribution in [0.4, 0.5) is 0 Å². The van der Waals surface area contributed by atoms with Crippen molar-refractivity contribution >= 4 is 44.2 Å². The molecule has 32 heavy (non-hydrogen) atoms. The quantitative estimate of drug-likeness (QED) is 0.436. The SMILES string of the molecule is Cc1cc2cc(C(=O)N3CC[C@@H](c4c(C(=O)NC(C)C)sc5ccccc45)C3)ccc2o1. The molecular formula is C26H26N2O3S. The lowest BCUT2D eigenvalue weighted by molar-refractivity contribution is 0.0791. The van der Waals surface area contributed by atoms with Crippen LogP contribution in [0.15, 0.2) is 52.9 Å². The summed E-state index contributed by atoms with van der Waals surface area (Å²) in [4.78, 5) is 28.9. The highest BCUT2D eigenvalue weighted by atomic mass is 32.1. The van der Waals surface area contributed by atoms with Gasteiger partial charge in [-0.1, -0.05) is 18.2 Å². The predicted octanol–water partition coefficient (Wildman–Crippen LogP) is 5.72. The van der Waals surface area contributed by atoms with Crippen molar-refractivity contribution < 1.29 is 14.0 Å². The summed E-state index contributed by atoms with van der Waals surface area (Å²) in [5.41, 5.74) is 2.55. The second-order valence-corrected chi connectivity index (χ2v) is 9.87. The second-order valence-electron chi connectivity index (χ2n) is 8.82. The number of carbonyl (C=O) groups is 2. The van der Waals surface area contributed by atoms with Gasteiger partial charge in [-0.2, -0.15) is 0 Å². The molecule has 1 fully saturated rings. The van der Waals surface area contributed by atoms with Gasteiger partial charge in [0.15, 0.2) is 0 Å². The zero-order valence-corrected chi connectivity index (χ0v) is 19.3. The van der Waals surface area contributed by atoms with Gasteiger partial charge in [0.1, 0.15) is 11.3 Å². The first-order chi connectivity index (χ1) is 15.4. The summed E-state index contributed by atoms with van der Waals surface area (Å²) < 4.78 is 6.75. The largest absolute Gasteiger partial charge is 0.461 e. The van der Waals surface area contributed by atoms with E-state index in [1.807, 2.05) is 62.1 Å². The van der Waals surface area contributed by atoms with E-state index in [9.17, 15) is 9.59 Å². The van der Waals surface area contributed by atoms with Crippen molar-refractivity contribution in [2.24, 2.45) is 0 Å². The Hall–Kier alpha value is -3.12. The minimum absolute atomic E-state index is 0.0262. The highest BCUT2D eigenvalue weighted by molar-refractivity contribution is 7.21. The molecule has 3 heterocycles. The zero-order chi connectivity index (χ0) is 22.4. The maximum absolute atomic E-state index is 13.3. The van der Waals surface area contributed by atoms with Crippen LogP contribution in [0.2, 0.25) is 0 Å². The van der Waals surface area contributed by atoms with Crippen LogP contribution in [-0.2, 0) is 0 Å². The van der Waals surface area contributed by atoms with Gasteiger partial charge in [-0.15, -0.1) is 11.3 Å². The molecular weight excluding hydrogens is 420 g/mol. The number of hydrogen-bond acceptors (Lipinski definition) is 4. The molecule has 5 nitrogen and oxygen atoms in total. The first-order valence-electron chi connectivity index (χ1n) is 11.0. The fraction of sp³-hybridized carbons (Fsp3) is 0.308. The average Bonchev–Trinajstić information content (AvgIpc) is 3.47. The Morgan fingerprint density at radius 1 is 1.16 bits per heavy atom. The lowest BCUT2D eigenvalue weighted by Crippen LogP contribution is -2.31. The Morgan fingerprint density at radius 3 is 2.78 bits per heavy atom. The van der Waals surface area contributed by atoms with Gasteiger partial charge in [-0.05, 0) is 68.5 Å². The maximum Gasteiger partial charge on any atom is 0.261 e. The molecule has 0 unspecified atom stereocenters. The van der Waals surface area contributed by atoms with Gasteiger partial charge in [0.2, 0.25) is 0 Å². The van der Waals surface area contributed by atoms with Crippen LogP contribution in [-0.4, -0.2) is 35.8 Å². The Kier molecular flexibility index (Phi) is 5.25. The first-order valence-corrected chi connectivity index (χ1v) is 11.8. The highest BCUT2D eigenvalue weighted by Gasteiger charge is 2.33. The van der Waals surface area contributed by atoms with Crippen LogP contribution >= 0.6 is 11.3 Å². The summed E-state index contributed by atoms with van der Waals surface area (Å²) in [6, 6.07) is 15.8. The lowest BCUT2D eigenvalue weighted by Gasteiger charge is -2.18. The Balaban J connectivity index is 1.44. The number of aryl methyl sites for hydroxylation is 1. The Labute approximate surface area is 191 Å². The summed E-state index contributed by atoms with van der Waals surface area (Å²) in [6.45, 7) is 7.15. The molecule has 1 saturated heterocycles. The standard InChI is InChI=1S/C26H26N2O3S/c1-15(2)27-25(29)24-23(20-6-4-5-7-22(20)32-24)18-10-11-28(14-18)26(30)17-8-9-21-19(13-17)12-16(3)31-21/h4-9,12-13,15,18H,10-11,14H2,1-3H3,(H,27,29)/t18-/m1/s1. The summed E-state index contributed by atoms with van der Waals surface area (Å²) in [6.07, 6.45) is 0.849. The molecule has 4 aromatic rings. The minimum Gasteiger partial charge on any atom is -0.461 e. The van der Waals surface area contributed by atoms with Gasteiger partial charge in [0.05, 0.1) is 4.88 Å². The molecule has 1 atom stereocenters. The molecule has 0 bridgehead atoms. The van der Waals surface area contributed by atoms with Crippen LogP contribution in [0.5, 0.6) is 0 Å². The molecule has 2 aromatic heterocycles. The van der Waals surface area contributed by atoms with E-state index in [-0.39, 0.29) is 23.8 Å². The molecule has 5 rings (SSSR count).